The lowest BCUT2D eigenvalue weighted by molar-refractivity contribution is -0.0734. The number of thiophene rings is 1. The van der Waals surface area contributed by atoms with Crippen molar-refractivity contribution in [3.05, 3.63) is 22.4 Å². The Labute approximate surface area is 155 Å². The summed E-state index contributed by atoms with van der Waals surface area (Å²) in [4.78, 5) is 18.4. The van der Waals surface area contributed by atoms with Crippen LogP contribution in [-0.4, -0.2) is 60.8 Å². The van der Waals surface area contributed by atoms with Crippen molar-refractivity contribution in [2.75, 3.05) is 39.3 Å². The highest BCUT2D eigenvalue weighted by Gasteiger charge is 2.31. The molecule has 6 heteroatoms. The number of carbonyl (C=O) groups excluding carboxylic acids is 1. The average Bonchev–Trinajstić information content (AvgIpc) is 3.10. The molecule has 2 aliphatic rings. The maximum Gasteiger partial charge on any atom is 0.317 e. The number of piperidine rings is 1. The van der Waals surface area contributed by atoms with Crippen molar-refractivity contribution in [1.82, 2.24) is 15.1 Å². The fourth-order valence-electron chi connectivity index (χ4n) is 3.72. The number of ether oxygens (including phenoxy) is 1. The van der Waals surface area contributed by atoms with E-state index >= 15 is 0 Å². The van der Waals surface area contributed by atoms with Gasteiger partial charge in [-0.25, -0.2) is 4.79 Å². The zero-order valence-electron chi connectivity index (χ0n) is 15.7. The molecule has 3 rings (SSSR count). The van der Waals surface area contributed by atoms with Gasteiger partial charge in [-0.1, -0.05) is 13.0 Å². The van der Waals surface area contributed by atoms with Gasteiger partial charge in [0.25, 0.3) is 0 Å². The van der Waals surface area contributed by atoms with Gasteiger partial charge >= 0.3 is 6.03 Å². The highest BCUT2D eigenvalue weighted by molar-refractivity contribution is 7.10. The highest BCUT2D eigenvalue weighted by Crippen LogP contribution is 2.29. The van der Waals surface area contributed by atoms with Crippen LogP contribution in [0.5, 0.6) is 0 Å². The molecule has 0 radical (unpaired) electrons. The smallest absolute Gasteiger partial charge is 0.317 e. The lowest BCUT2D eigenvalue weighted by atomic mass is 9.97. The molecule has 25 heavy (non-hydrogen) atoms. The molecule has 1 atom stereocenters. The molecule has 1 aromatic heterocycles. The van der Waals surface area contributed by atoms with Gasteiger partial charge < -0.3 is 15.0 Å². The second-order valence-electron chi connectivity index (χ2n) is 7.97. The van der Waals surface area contributed by atoms with Gasteiger partial charge in [-0.2, -0.15) is 0 Å². The van der Waals surface area contributed by atoms with Gasteiger partial charge in [-0.3, -0.25) is 4.90 Å². The molecule has 0 aliphatic carbocycles. The zero-order valence-corrected chi connectivity index (χ0v) is 16.5. The molecule has 2 amide bonds. The molecule has 5 nitrogen and oxygen atoms in total. The van der Waals surface area contributed by atoms with Crippen LogP contribution in [0.25, 0.3) is 0 Å². The quantitative estimate of drug-likeness (QED) is 0.890. The van der Waals surface area contributed by atoms with E-state index in [1.165, 1.54) is 17.7 Å². The first kappa shape index (κ1) is 18.7. The first-order valence-electron chi connectivity index (χ1n) is 9.39. The zero-order chi connectivity index (χ0) is 17.9. The fourth-order valence-corrected chi connectivity index (χ4v) is 4.58. The first-order valence-corrected chi connectivity index (χ1v) is 10.3. The molecular formula is C19H31N3O2S. The van der Waals surface area contributed by atoms with Crippen LogP contribution in [0.1, 0.15) is 44.5 Å². The Morgan fingerprint density at radius 3 is 2.80 bits per heavy atom. The van der Waals surface area contributed by atoms with E-state index in [2.05, 4.69) is 34.7 Å². The van der Waals surface area contributed by atoms with E-state index in [1.807, 2.05) is 18.7 Å². The van der Waals surface area contributed by atoms with Crippen LogP contribution in [0.15, 0.2) is 17.5 Å². The SMILES string of the molecule is CC1CCN(C(CNC(=O)N2CCOC(C)(C)C2)c2cccs2)CC1. The van der Waals surface area contributed by atoms with Crippen molar-refractivity contribution in [1.29, 1.82) is 0 Å². The summed E-state index contributed by atoms with van der Waals surface area (Å²) in [6.07, 6.45) is 2.49. The first-order chi connectivity index (χ1) is 11.9. The Morgan fingerprint density at radius 1 is 1.40 bits per heavy atom. The van der Waals surface area contributed by atoms with E-state index in [0.717, 1.165) is 19.0 Å². The number of nitrogens with zero attached hydrogens (tertiary/aromatic N) is 2. The third-order valence-corrected chi connectivity index (χ3v) is 6.26. The fraction of sp³-hybridized carbons (Fsp3) is 0.737. The maximum atomic E-state index is 12.6. The lowest BCUT2D eigenvalue weighted by Gasteiger charge is -2.39. The van der Waals surface area contributed by atoms with E-state index in [0.29, 0.717) is 26.2 Å². The topological polar surface area (TPSA) is 44.8 Å². The van der Waals surface area contributed by atoms with E-state index in [9.17, 15) is 4.79 Å². The van der Waals surface area contributed by atoms with Crippen LogP contribution in [0.4, 0.5) is 4.79 Å². The summed E-state index contributed by atoms with van der Waals surface area (Å²) in [5, 5.41) is 5.31. The largest absolute Gasteiger partial charge is 0.372 e. The Hall–Kier alpha value is -1.11. The Kier molecular flexibility index (Phi) is 6.02. The van der Waals surface area contributed by atoms with Gasteiger partial charge in [0.1, 0.15) is 0 Å². The average molecular weight is 366 g/mol. The molecule has 2 saturated heterocycles. The lowest BCUT2D eigenvalue weighted by Crippen LogP contribution is -2.54. The van der Waals surface area contributed by atoms with Gasteiger partial charge in [-0.15, -0.1) is 11.3 Å². The van der Waals surface area contributed by atoms with E-state index in [1.54, 1.807) is 11.3 Å². The number of morpholine rings is 1. The number of urea groups is 1. The van der Waals surface area contributed by atoms with Crippen molar-refractivity contribution in [3.63, 3.8) is 0 Å². The van der Waals surface area contributed by atoms with Crippen LogP contribution >= 0.6 is 11.3 Å². The second kappa shape index (κ2) is 8.06. The minimum Gasteiger partial charge on any atom is -0.372 e. The van der Waals surface area contributed by atoms with Crippen molar-refractivity contribution in [2.24, 2.45) is 5.92 Å². The van der Waals surface area contributed by atoms with Gasteiger partial charge in [0.2, 0.25) is 0 Å². The number of amides is 2. The molecule has 0 aromatic carbocycles. The minimum absolute atomic E-state index is 0.0308. The summed E-state index contributed by atoms with van der Waals surface area (Å²) in [5.74, 6) is 0.811. The maximum absolute atomic E-state index is 12.6. The predicted molar refractivity (Wildman–Crippen MR) is 102 cm³/mol. The van der Waals surface area contributed by atoms with E-state index < -0.39 is 0 Å². The molecule has 3 heterocycles. The number of likely N-dealkylation sites (tertiary alicyclic amines) is 1. The molecule has 0 bridgehead atoms. The number of hydrogen-bond acceptors (Lipinski definition) is 4. The molecule has 2 aliphatic heterocycles. The van der Waals surface area contributed by atoms with Crippen molar-refractivity contribution in [3.8, 4) is 0 Å². The second-order valence-corrected chi connectivity index (χ2v) is 8.94. The van der Waals surface area contributed by atoms with Crippen LogP contribution in [0, 0.1) is 5.92 Å². The molecule has 1 aromatic rings. The Morgan fingerprint density at radius 2 is 2.16 bits per heavy atom. The predicted octanol–water partition coefficient (Wildman–Crippen LogP) is 3.34. The molecule has 1 unspecified atom stereocenters. The van der Waals surface area contributed by atoms with Crippen LogP contribution < -0.4 is 5.32 Å². The van der Waals surface area contributed by atoms with E-state index in [-0.39, 0.29) is 17.7 Å². The van der Waals surface area contributed by atoms with Crippen molar-refractivity contribution in [2.45, 2.75) is 45.3 Å². The number of carbonyl (C=O) groups is 1. The molecule has 0 saturated carbocycles. The standard InChI is InChI=1S/C19H31N3O2S/c1-15-6-8-21(9-7-15)16(17-5-4-12-25-17)13-20-18(23)22-10-11-24-19(2,3)14-22/h4-5,12,15-16H,6-11,13-14H2,1-3H3,(H,20,23). The third kappa shape index (κ3) is 4.96. The molecule has 140 valence electrons. The Balaban J connectivity index is 1.60. The van der Waals surface area contributed by atoms with Gasteiger partial charge in [0.15, 0.2) is 0 Å². The molecule has 2 fully saturated rings. The number of rotatable bonds is 4. The Bertz CT molecular complexity index is 553. The van der Waals surface area contributed by atoms with Crippen LogP contribution in [0.2, 0.25) is 0 Å². The third-order valence-electron chi connectivity index (χ3n) is 5.29. The summed E-state index contributed by atoms with van der Waals surface area (Å²) in [5.41, 5.74) is -0.258. The van der Waals surface area contributed by atoms with Gasteiger partial charge in [0, 0.05) is 18.0 Å². The highest BCUT2D eigenvalue weighted by atomic mass is 32.1. The summed E-state index contributed by atoms with van der Waals surface area (Å²) in [6.45, 7) is 11.2. The number of hydrogen-bond donors (Lipinski definition) is 1. The summed E-state index contributed by atoms with van der Waals surface area (Å²) >= 11 is 1.79. The summed E-state index contributed by atoms with van der Waals surface area (Å²) in [6, 6.07) is 4.61. The normalized spacial score (nSPS) is 23.4. The number of nitrogens with one attached hydrogen (secondary N) is 1. The molecule has 0 spiro atoms. The van der Waals surface area contributed by atoms with Crippen molar-refractivity contribution >= 4 is 17.4 Å². The van der Waals surface area contributed by atoms with Crippen molar-refractivity contribution < 1.29 is 9.53 Å². The molecule has 1 N–H and O–H groups in total. The minimum atomic E-state index is -0.258. The van der Waals surface area contributed by atoms with Gasteiger partial charge in [0.05, 0.1) is 24.8 Å². The van der Waals surface area contributed by atoms with Crippen LogP contribution in [0.3, 0.4) is 0 Å². The monoisotopic (exact) mass is 365 g/mol. The summed E-state index contributed by atoms with van der Waals surface area (Å²) in [7, 11) is 0. The van der Waals surface area contributed by atoms with Gasteiger partial charge in [-0.05, 0) is 57.1 Å². The molecular weight excluding hydrogens is 334 g/mol. The van der Waals surface area contributed by atoms with Crippen LogP contribution in [-0.2, 0) is 4.74 Å². The van der Waals surface area contributed by atoms with E-state index in [4.69, 9.17) is 4.74 Å². The summed E-state index contributed by atoms with van der Waals surface area (Å²) < 4.78 is 5.71.